The number of hydrogen-bond donors (Lipinski definition) is 2. The average Bonchev–Trinajstić information content (AvgIpc) is 3.00. The Kier molecular flexibility index (Phi) is 5.37. The Labute approximate surface area is 178 Å². The highest BCUT2D eigenvalue weighted by molar-refractivity contribution is 6.30. The summed E-state index contributed by atoms with van der Waals surface area (Å²) >= 11 is 6.06. The lowest BCUT2D eigenvalue weighted by molar-refractivity contribution is 0.0941. The number of carbonyl (C=O) groups excluding carboxylic acids is 1. The standard InChI is InChI=1S/C22H21ClN6O/c1-3-13(2)26-22(30)18-19-21(28-17-10-5-4-9-16(17)27-19)29(20(18)24)25-12-14-7-6-8-15(23)11-14/h4-13H,3,24H2,1-2H3,(H,26,30)/b25-12-/t13-/m1/s1. The summed E-state index contributed by atoms with van der Waals surface area (Å²) in [5, 5.41) is 8.03. The molecule has 4 rings (SSSR count). The highest BCUT2D eigenvalue weighted by Crippen LogP contribution is 2.28. The minimum atomic E-state index is -0.298. The van der Waals surface area contributed by atoms with Crippen molar-refractivity contribution in [3.63, 3.8) is 0 Å². The van der Waals surface area contributed by atoms with Crippen LogP contribution in [0.3, 0.4) is 0 Å². The molecule has 0 radical (unpaired) electrons. The number of nitrogen functional groups attached to an aromatic ring is 1. The van der Waals surface area contributed by atoms with Gasteiger partial charge in [0.15, 0.2) is 5.65 Å². The summed E-state index contributed by atoms with van der Waals surface area (Å²) in [6.45, 7) is 3.94. The van der Waals surface area contributed by atoms with Gasteiger partial charge in [-0.2, -0.15) is 9.78 Å². The zero-order valence-corrected chi connectivity index (χ0v) is 17.4. The van der Waals surface area contributed by atoms with Gasteiger partial charge < -0.3 is 11.1 Å². The molecule has 2 aromatic carbocycles. The van der Waals surface area contributed by atoms with Crippen molar-refractivity contribution in [2.24, 2.45) is 5.10 Å². The molecule has 2 aromatic heterocycles. The van der Waals surface area contributed by atoms with Crippen molar-refractivity contribution in [2.45, 2.75) is 26.3 Å². The lowest BCUT2D eigenvalue weighted by Crippen LogP contribution is -2.32. The van der Waals surface area contributed by atoms with E-state index in [0.29, 0.717) is 27.2 Å². The van der Waals surface area contributed by atoms with Gasteiger partial charge in [-0.1, -0.05) is 42.8 Å². The second kappa shape index (κ2) is 8.12. The van der Waals surface area contributed by atoms with Gasteiger partial charge in [0, 0.05) is 11.1 Å². The molecular formula is C22H21ClN6O. The topological polar surface area (TPSA) is 98.2 Å². The van der Waals surface area contributed by atoms with Gasteiger partial charge in [-0.05, 0) is 43.2 Å². The Morgan fingerprint density at radius 1 is 1.23 bits per heavy atom. The molecule has 0 aliphatic carbocycles. The minimum absolute atomic E-state index is 0.00122. The second-order valence-corrected chi connectivity index (χ2v) is 7.48. The SMILES string of the molecule is CC[C@@H](C)NC(=O)c1c(N)n(/N=C\c2cccc(Cl)c2)c2nc3ccccc3nc12. The minimum Gasteiger partial charge on any atom is -0.383 e. The number of nitrogens with zero attached hydrogens (tertiary/aromatic N) is 4. The lowest BCUT2D eigenvalue weighted by Gasteiger charge is -2.11. The molecule has 3 N–H and O–H groups in total. The molecule has 0 bridgehead atoms. The van der Waals surface area contributed by atoms with Crippen LogP contribution in [0.1, 0.15) is 36.2 Å². The molecule has 2 heterocycles. The van der Waals surface area contributed by atoms with E-state index in [4.69, 9.17) is 17.3 Å². The van der Waals surface area contributed by atoms with E-state index < -0.39 is 0 Å². The number of nitrogens with one attached hydrogen (secondary N) is 1. The van der Waals surface area contributed by atoms with Gasteiger partial charge in [-0.15, -0.1) is 0 Å². The third kappa shape index (κ3) is 3.71. The van der Waals surface area contributed by atoms with E-state index in [2.05, 4.69) is 20.4 Å². The summed E-state index contributed by atoms with van der Waals surface area (Å²) < 4.78 is 1.45. The molecular weight excluding hydrogens is 400 g/mol. The van der Waals surface area contributed by atoms with E-state index >= 15 is 0 Å². The van der Waals surface area contributed by atoms with Crippen LogP contribution in [0, 0.1) is 0 Å². The van der Waals surface area contributed by atoms with E-state index in [9.17, 15) is 4.79 Å². The maximum Gasteiger partial charge on any atom is 0.257 e. The van der Waals surface area contributed by atoms with E-state index in [1.807, 2.05) is 50.2 Å². The number of hydrogen-bond acceptors (Lipinski definition) is 5. The number of rotatable bonds is 5. The molecule has 30 heavy (non-hydrogen) atoms. The summed E-state index contributed by atoms with van der Waals surface area (Å²) in [6, 6.07) is 14.7. The zero-order valence-electron chi connectivity index (χ0n) is 16.6. The maximum absolute atomic E-state index is 13.0. The van der Waals surface area contributed by atoms with Crippen LogP contribution in [-0.2, 0) is 0 Å². The zero-order chi connectivity index (χ0) is 21.3. The van der Waals surface area contributed by atoms with E-state index in [1.54, 1.807) is 18.3 Å². The van der Waals surface area contributed by atoms with Crippen molar-refractivity contribution >= 4 is 51.7 Å². The number of benzene rings is 2. The van der Waals surface area contributed by atoms with Crippen molar-refractivity contribution in [3.05, 3.63) is 64.7 Å². The second-order valence-electron chi connectivity index (χ2n) is 7.04. The first-order chi connectivity index (χ1) is 14.5. The monoisotopic (exact) mass is 420 g/mol. The van der Waals surface area contributed by atoms with E-state index in [-0.39, 0.29) is 23.3 Å². The molecule has 0 saturated carbocycles. The Bertz CT molecular complexity index is 1280. The van der Waals surface area contributed by atoms with Crippen molar-refractivity contribution in [2.75, 3.05) is 5.73 Å². The summed E-state index contributed by atoms with van der Waals surface area (Å²) in [4.78, 5) is 22.3. The first-order valence-electron chi connectivity index (χ1n) is 9.65. The number of aromatic nitrogens is 3. The van der Waals surface area contributed by atoms with Crippen molar-refractivity contribution in [3.8, 4) is 0 Å². The number of fused-ring (bicyclic) bond motifs is 2. The van der Waals surface area contributed by atoms with Crippen LogP contribution >= 0.6 is 11.6 Å². The van der Waals surface area contributed by atoms with Crippen molar-refractivity contribution in [1.29, 1.82) is 0 Å². The molecule has 0 aliphatic heterocycles. The Morgan fingerprint density at radius 3 is 2.67 bits per heavy atom. The summed E-state index contributed by atoms with van der Waals surface area (Å²) in [7, 11) is 0. The van der Waals surface area contributed by atoms with Gasteiger partial charge in [0.05, 0.1) is 17.2 Å². The lowest BCUT2D eigenvalue weighted by atomic mass is 10.2. The van der Waals surface area contributed by atoms with E-state index in [1.165, 1.54) is 4.68 Å². The smallest absolute Gasteiger partial charge is 0.257 e. The summed E-state index contributed by atoms with van der Waals surface area (Å²) in [5.74, 6) is -0.118. The molecule has 1 atom stereocenters. The Morgan fingerprint density at radius 2 is 1.97 bits per heavy atom. The van der Waals surface area contributed by atoms with Crippen LogP contribution in [0.4, 0.5) is 5.82 Å². The number of anilines is 1. The molecule has 0 saturated heterocycles. The van der Waals surface area contributed by atoms with Gasteiger partial charge in [0.1, 0.15) is 16.9 Å². The van der Waals surface area contributed by atoms with Crippen LogP contribution in [-0.4, -0.2) is 32.8 Å². The predicted molar refractivity (Wildman–Crippen MR) is 121 cm³/mol. The molecule has 152 valence electrons. The Balaban J connectivity index is 1.91. The molecule has 0 fully saturated rings. The normalized spacial score (nSPS) is 12.6. The summed E-state index contributed by atoms with van der Waals surface area (Å²) in [5.41, 5.74) is 9.64. The van der Waals surface area contributed by atoms with Crippen molar-refractivity contribution in [1.82, 2.24) is 20.0 Å². The molecule has 7 nitrogen and oxygen atoms in total. The van der Waals surface area contributed by atoms with Gasteiger partial charge in [-0.25, -0.2) is 9.97 Å². The number of carbonyl (C=O) groups is 1. The molecule has 0 aliphatic rings. The molecule has 0 spiro atoms. The number of amides is 1. The van der Waals surface area contributed by atoms with Crippen LogP contribution < -0.4 is 11.1 Å². The largest absolute Gasteiger partial charge is 0.383 e. The highest BCUT2D eigenvalue weighted by Gasteiger charge is 2.24. The first-order valence-corrected chi connectivity index (χ1v) is 10.0. The third-order valence-electron chi connectivity index (χ3n) is 4.86. The number of para-hydroxylation sites is 2. The molecule has 4 aromatic rings. The third-order valence-corrected chi connectivity index (χ3v) is 5.10. The maximum atomic E-state index is 13.0. The van der Waals surface area contributed by atoms with Gasteiger partial charge in [0.25, 0.3) is 5.91 Å². The molecule has 0 unspecified atom stereocenters. The van der Waals surface area contributed by atoms with Gasteiger partial charge in [0.2, 0.25) is 0 Å². The molecule has 1 amide bonds. The number of halogens is 1. The van der Waals surface area contributed by atoms with E-state index in [0.717, 1.165) is 12.0 Å². The predicted octanol–water partition coefficient (Wildman–Crippen LogP) is 4.23. The fourth-order valence-electron chi connectivity index (χ4n) is 3.10. The fraction of sp³-hybridized carbons (Fsp3) is 0.182. The summed E-state index contributed by atoms with van der Waals surface area (Å²) in [6.07, 6.45) is 2.42. The van der Waals surface area contributed by atoms with Crippen LogP contribution in [0.15, 0.2) is 53.6 Å². The number of nitrogens with two attached hydrogens (primary N) is 1. The van der Waals surface area contributed by atoms with Crippen molar-refractivity contribution < 1.29 is 4.79 Å². The molecule has 8 heteroatoms. The quantitative estimate of drug-likeness (QED) is 0.472. The first kappa shape index (κ1) is 19.8. The van der Waals surface area contributed by atoms with Crippen LogP contribution in [0.25, 0.3) is 22.2 Å². The van der Waals surface area contributed by atoms with Gasteiger partial charge >= 0.3 is 0 Å². The fourth-order valence-corrected chi connectivity index (χ4v) is 3.30. The van der Waals surface area contributed by atoms with Crippen LogP contribution in [0.5, 0.6) is 0 Å². The van der Waals surface area contributed by atoms with Crippen LogP contribution in [0.2, 0.25) is 5.02 Å². The average molecular weight is 421 g/mol. The highest BCUT2D eigenvalue weighted by atomic mass is 35.5. The van der Waals surface area contributed by atoms with Gasteiger partial charge in [-0.3, -0.25) is 4.79 Å². The Hall–Kier alpha value is -3.45.